The fourth-order valence-electron chi connectivity index (χ4n) is 3.25. The monoisotopic (exact) mass is 455 g/mol. The molecule has 0 saturated carbocycles. The molecule has 0 spiro atoms. The number of benzene rings is 2. The van der Waals surface area contributed by atoms with Crippen LogP contribution in [-0.2, 0) is 0 Å². The number of nitro groups is 1. The van der Waals surface area contributed by atoms with E-state index in [-0.39, 0.29) is 17.4 Å². The summed E-state index contributed by atoms with van der Waals surface area (Å²) in [7, 11) is 0. The third-order valence-corrected chi connectivity index (χ3v) is 5.21. The number of hydrogen-bond donors (Lipinski definition) is 0. The quantitative estimate of drug-likeness (QED) is 0.419. The van der Waals surface area contributed by atoms with Gasteiger partial charge in [-0.15, -0.1) is 0 Å². The first-order chi connectivity index (χ1) is 14.1. The molecule has 148 valence electrons. The van der Waals surface area contributed by atoms with E-state index in [1.165, 1.54) is 6.33 Å². The Morgan fingerprint density at radius 3 is 2.24 bits per heavy atom. The highest BCUT2D eigenvalue weighted by molar-refractivity contribution is 9.10. The zero-order valence-corrected chi connectivity index (χ0v) is 17.0. The molecule has 1 aliphatic heterocycles. The summed E-state index contributed by atoms with van der Waals surface area (Å²) in [5, 5.41) is 11.8. The standard InChI is InChI=1S/C20H18BrN5O3/c21-15-6-8-17(9-7-15)29-20-18(26(27)28)19(22-14-23-20)25-12-10-24(11-13-25)16-4-2-1-3-5-16/h1-9,14H,10-13H2. The summed E-state index contributed by atoms with van der Waals surface area (Å²) < 4.78 is 6.59. The number of hydrogen-bond acceptors (Lipinski definition) is 7. The normalized spacial score (nSPS) is 14.0. The molecule has 1 fully saturated rings. The van der Waals surface area contributed by atoms with E-state index in [0.29, 0.717) is 18.8 Å². The van der Waals surface area contributed by atoms with Crippen molar-refractivity contribution < 1.29 is 9.66 Å². The number of anilines is 2. The van der Waals surface area contributed by atoms with Gasteiger partial charge in [0.05, 0.1) is 4.92 Å². The number of para-hydroxylation sites is 1. The van der Waals surface area contributed by atoms with Crippen molar-refractivity contribution in [1.82, 2.24) is 9.97 Å². The van der Waals surface area contributed by atoms with Gasteiger partial charge in [0, 0.05) is 36.3 Å². The highest BCUT2D eigenvalue weighted by atomic mass is 79.9. The van der Waals surface area contributed by atoms with Gasteiger partial charge in [-0.1, -0.05) is 34.1 Å². The lowest BCUT2D eigenvalue weighted by atomic mass is 10.2. The molecule has 1 aliphatic rings. The van der Waals surface area contributed by atoms with E-state index in [0.717, 1.165) is 23.2 Å². The van der Waals surface area contributed by atoms with Crippen LogP contribution in [0.4, 0.5) is 17.2 Å². The summed E-state index contributed by atoms with van der Waals surface area (Å²) in [4.78, 5) is 23.7. The Hall–Kier alpha value is -3.20. The lowest BCUT2D eigenvalue weighted by Gasteiger charge is -2.36. The molecule has 8 nitrogen and oxygen atoms in total. The molecule has 2 heterocycles. The van der Waals surface area contributed by atoms with E-state index < -0.39 is 4.92 Å². The SMILES string of the molecule is O=[N+]([O-])c1c(Oc2ccc(Br)cc2)ncnc1N1CCN(c2ccccc2)CC1. The molecule has 0 bridgehead atoms. The van der Waals surface area contributed by atoms with Crippen molar-refractivity contribution in [3.8, 4) is 11.6 Å². The first-order valence-corrected chi connectivity index (χ1v) is 9.89. The van der Waals surface area contributed by atoms with Crippen LogP contribution in [0, 0.1) is 10.1 Å². The average Bonchev–Trinajstić information content (AvgIpc) is 2.76. The van der Waals surface area contributed by atoms with E-state index >= 15 is 0 Å². The van der Waals surface area contributed by atoms with Crippen LogP contribution in [0.5, 0.6) is 11.6 Å². The van der Waals surface area contributed by atoms with Crippen LogP contribution in [-0.4, -0.2) is 41.1 Å². The molecule has 29 heavy (non-hydrogen) atoms. The van der Waals surface area contributed by atoms with Crippen molar-refractivity contribution in [2.24, 2.45) is 0 Å². The Morgan fingerprint density at radius 1 is 0.931 bits per heavy atom. The van der Waals surface area contributed by atoms with Crippen molar-refractivity contribution in [2.75, 3.05) is 36.0 Å². The molecule has 0 N–H and O–H groups in total. The largest absolute Gasteiger partial charge is 0.434 e. The van der Waals surface area contributed by atoms with Crippen LogP contribution >= 0.6 is 15.9 Å². The molecular formula is C20H18BrN5O3. The van der Waals surface area contributed by atoms with E-state index in [2.05, 4.69) is 42.9 Å². The van der Waals surface area contributed by atoms with Gasteiger partial charge in [-0.05, 0) is 36.4 Å². The number of ether oxygens (including phenoxy) is 1. The molecule has 9 heteroatoms. The number of aromatic nitrogens is 2. The maximum Gasteiger partial charge on any atom is 0.373 e. The lowest BCUT2D eigenvalue weighted by molar-refractivity contribution is -0.385. The second-order valence-corrected chi connectivity index (χ2v) is 7.39. The number of halogens is 1. The number of piperazine rings is 1. The third kappa shape index (κ3) is 4.29. The van der Waals surface area contributed by atoms with Crippen molar-refractivity contribution >= 4 is 33.1 Å². The lowest BCUT2D eigenvalue weighted by Crippen LogP contribution is -2.47. The van der Waals surface area contributed by atoms with E-state index in [9.17, 15) is 10.1 Å². The average molecular weight is 456 g/mol. The summed E-state index contributed by atoms with van der Waals surface area (Å²) in [6.07, 6.45) is 1.31. The number of nitrogens with zero attached hydrogens (tertiary/aromatic N) is 5. The predicted octanol–water partition coefficient (Wildman–Crippen LogP) is 4.27. The summed E-state index contributed by atoms with van der Waals surface area (Å²) in [5.41, 5.74) is 0.923. The molecule has 2 aromatic carbocycles. The van der Waals surface area contributed by atoms with Crippen LogP contribution in [0.15, 0.2) is 65.4 Å². The minimum Gasteiger partial charge on any atom is -0.434 e. The number of rotatable bonds is 5. The zero-order valence-electron chi connectivity index (χ0n) is 15.4. The molecule has 0 atom stereocenters. The minimum atomic E-state index is -0.479. The molecular weight excluding hydrogens is 438 g/mol. The molecule has 0 unspecified atom stereocenters. The smallest absolute Gasteiger partial charge is 0.373 e. The van der Waals surface area contributed by atoms with Crippen molar-refractivity contribution in [3.63, 3.8) is 0 Å². The van der Waals surface area contributed by atoms with Gasteiger partial charge >= 0.3 is 11.6 Å². The Balaban J connectivity index is 1.56. The van der Waals surface area contributed by atoms with Gasteiger partial charge in [-0.25, -0.2) is 4.98 Å². The highest BCUT2D eigenvalue weighted by Crippen LogP contribution is 2.36. The van der Waals surface area contributed by atoms with E-state index in [1.54, 1.807) is 24.3 Å². The van der Waals surface area contributed by atoms with Crippen molar-refractivity contribution in [1.29, 1.82) is 0 Å². The van der Waals surface area contributed by atoms with Crippen LogP contribution < -0.4 is 14.5 Å². The second kappa shape index (κ2) is 8.44. The molecule has 1 aromatic heterocycles. The van der Waals surface area contributed by atoms with Gasteiger partial charge in [-0.3, -0.25) is 10.1 Å². The van der Waals surface area contributed by atoms with Gasteiger partial charge in [-0.2, -0.15) is 4.98 Å². The predicted molar refractivity (Wildman–Crippen MR) is 114 cm³/mol. The highest BCUT2D eigenvalue weighted by Gasteiger charge is 2.30. The van der Waals surface area contributed by atoms with Gasteiger partial charge in [0.1, 0.15) is 12.1 Å². The Labute approximate surface area is 176 Å². The first-order valence-electron chi connectivity index (χ1n) is 9.09. The molecule has 4 rings (SSSR count). The van der Waals surface area contributed by atoms with Gasteiger partial charge in [0.25, 0.3) is 0 Å². The molecule has 0 radical (unpaired) electrons. The Morgan fingerprint density at radius 2 is 1.59 bits per heavy atom. The zero-order chi connectivity index (χ0) is 20.2. The molecule has 1 saturated heterocycles. The topological polar surface area (TPSA) is 84.6 Å². The molecule has 3 aromatic rings. The first kappa shape index (κ1) is 19.1. The van der Waals surface area contributed by atoms with E-state index in [4.69, 9.17) is 4.74 Å². The van der Waals surface area contributed by atoms with Crippen molar-refractivity contribution in [2.45, 2.75) is 0 Å². The van der Waals surface area contributed by atoms with E-state index in [1.807, 2.05) is 23.1 Å². The maximum absolute atomic E-state index is 11.8. The van der Waals surface area contributed by atoms with Gasteiger partial charge < -0.3 is 14.5 Å². The van der Waals surface area contributed by atoms with Crippen LogP contribution in [0.3, 0.4) is 0 Å². The van der Waals surface area contributed by atoms with Crippen LogP contribution in [0.25, 0.3) is 0 Å². The summed E-state index contributed by atoms with van der Waals surface area (Å²) >= 11 is 3.35. The fourth-order valence-corrected chi connectivity index (χ4v) is 3.51. The fraction of sp³-hybridized carbons (Fsp3) is 0.200. The Kier molecular flexibility index (Phi) is 5.57. The molecule has 0 aliphatic carbocycles. The molecule has 0 amide bonds. The minimum absolute atomic E-state index is 0.0622. The van der Waals surface area contributed by atoms with Crippen LogP contribution in [0.2, 0.25) is 0 Å². The summed E-state index contributed by atoms with van der Waals surface area (Å²) in [6.45, 7) is 2.72. The third-order valence-electron chi connectivity index (χ3n) is 4.68. The Bertz CT molecular complexity index is 993. The van der Waals surface area contributed by atoms with Gasteiger partial charge in [0.15, 0.2) is 0 Å². The van der Waals surface area contributed by atoms with Crippen molar-refractivity contribution in [3.05, 3.63) is 75.5 Å². The summed E-state index contributed by atoms with van der Waals surface area (Å²) in [6, 6.07) is 17.1. The summed E-state index contributed by atoms with van der Waals surface area (Å²) in [5.74, 6) is 0.687. The van der Waals surface area contributed by atoms with Gasteiger partial charge in [0.2, 0.25) is 5.82 Å². The second-order valence-electron chi connectivity index (χ2n) is 6.47. The maximum atomic E-state index is 11.8. The van der Waals surface area contributed by atoms with Crippen LogP contribution in [0.1, 0.15) is 0 Å².